The van der Waals surface area contributed by atoms with Crippen molar-refractivity contribution in [1.29, 1.82) is 0 Å². The highest BCUT2D eigenvalue weighted by atomic mass is 16.2. The molecule has 1 amide bonds. The van der Waals surface area contributed by atoms with Crippen LogP contribution in [-0.4, -0.2) is 18.7 Å². The fourth-order valence-corrected chi connectivity index (χ4v) is 3.20. The molecule has 1 saturated carbocycles. The lowest BCUT2D eigenvalue weighted by molar-refractivity contribution is -0.120. The molecular formula is C16H19NO2. The van der Waals surface area contributed by atoms with Crippen LogP contribution in [0.1, 0.15) is 49.1 Å². The second-order valence-corrected chi connectivity index (χ2v) is 5.65. The molecule has 1 aliphatic heterocycles. The first-order valence-electron chi connectivity index (χ1n) is 7.06. The van der Waals surface area contributed by atoms with Gasteiger partial charge in [0.25, 0.3) is 0 Å². The van der Waals surface area contributed by atoms with E-state index in [0.29, 0.717) is 18.1 Å². The van der Waals surface area contributed by atoms with Gasteiger partial charge in [-0.1, -0.05) is 12.1 Å². The molecule has 0 N–H and O–H groups in total. The second kappa shape index (κ2) is 4.80. The molecule has 3 heteroatoms. The quantitative estimate of drug-likeness (QED) is 0.775. The molecule has 0 bridgehead atoms. The van der Waals surface area contributed by atoms with E-state index in [4.69, 9.17) is 0 Å². The summed E-state index contributed by atoms with van der Waals surface area (Å²) in [6, 6.07) is 6.45. The van der Waals surface area contributed by atoms with Gasteiger partial charge >= 0.3 is 0 Å². The van der Waals surface area contributed by atoms with Gasteiger partial charge in [0.15, 0.2) is 0 Å². The third-order valence-electron chi connectivity index (χ3n) is 4.46. The summed E-state index contributed by atoms with van der Waals surface area (Å²) in [5, 5.41) is 0. The SMILES string of the molecule is CN1C(=O)CCc2cc(C3CCC(=O)CC3)ccc21. The minimum Gasteiger partial charge on any atom is -0.315 e. The summed E-state index contributed by atoms with van der Waals surface area (Å²) in [4.78, 5) is 24.7. The summed E-state index contributed by atoms with van der Waals surface area (Å²) in [6.45, 7) is 0. The van der Waals surface area contributed by atoms with Crippen LogP contribution < -0.4 is 4.90 Å². The van der Waals surface area contributed by atoms with Crippen molar-refractivity contribution in [1.82, 2.24) is 0 Å². The van der Waals surface area contributed by atoms with E-state index < -0.39 is 0 Å². The van der Waals surface area contributed by atoms with Crippen molar-refractivity contribution in [2.24, 2.45) is 0 Å². The molecule has 1 aromatic carbocycles. The summed E-state index contributed by atoms with van der Waals surface area (Å²) >= 11 is 0. The van der Waals surface area contributed by atoms with E-state index >= 15 is 0 Å². The minimum atomic E-state index is 0.198. The summed E-state index contributed by atoms with van der Waals surface area (Å²) in [5.74, 6) is 1.12. The Balaban J connectivity index is 1.85. The topological polar surface area (TPSA) is 37.4 Å². The molecule has 0 radical (unpaired) electrons. The number of anilines is 1. The van der Waals surface area contributed by atoms with Gasteiger partial charge in [-0.3, -0.25) is 9.59 Å². The lowest BCUT2D eigenvalue weighted by atomic mass is 9.82. The van der Waals surface area contributed by atoms with Crippen molar-refractivity contribution < 1.29 is 9.59 Å². The number of hydrogen-bond acceptors (Lipinski definition) is 2. The van der Waals surface area contributed by atoms with Crippen LogP contribution in [0.15, 0.2) is 18.2 Å². The van der Waals surface area contributed by atoms with Gasteiger partial charge in [-0.15, -0.1) is 0 Å². The van der Waals surface area contributed by atoms with Crippen LogP contribution in [-0.2, 0) is 16.0 Å². The van der Waals surface area contributed by atoms with E-state index in [-0.39, 0.29) is 5.91 Å². The Kier molecular flexibility index (Phi) is 3.13. The van der Waals surface area contributed by atoms with E-state index in [9.17, 15) is 9.59 Å². The lowest BCUT2D eigenvalue weighted by Crippen LogP contribution is -2.31. The van der Waals surface area contributed by atoms with E-state index in [2.05, 4.69) is 18.2 Å². The van der Waals surface area contributed by atoms with Crippen LogP contribution in [0.2, 0.25) is 0 Å². The van der Waals surface area contributed by atoms with Crippen molar-refractivity contribution in [3.8, 4) is 0 Å². The average molecular weight is 257 g/mol. The molecule has 19 heavy (non-hydrogen) atoms. The second-order valence-electron chi connectivity index (χ2n) is 5.65. The monoisotopic (exact) mass is 257 g/mol. The molecule has 2 aliphatic rings. The standard InChI is InChI=1S/C16H19NO2/c1-17-15-8-4-12(10-13(15)5-9-16(17)19)11-2-6-14(18)7-3-11/h4,8,10-11H,2-3,5-7,9H2,1H3. The number of rotatable bonds is 1. The maximum absolute atomic E-state index is 11.7. The summed E-state index contributed by atoms with van der Waals surface area (Å²) in [6.07, 6.45) is 4.85. The number of ketones is 1. The first-order chi connectivity index (χ1) is 9.15. The van der Waals surface area contributed by atoms with Crippen LogP contribution in [0.4, 0.5) is 5.69 Å². The Bertz CT molecular complexity index is 526. The highest BCUT2D eigenvalue weighted by Crippen LogP contribution is 2.35. The maximum atomic E-state index is 11.7. The van der Waals surface area contributed by atoms with Gasteiger partial charge < -0.3 is 4.90 Å². The highest BCUT2D eigenvalue weighted by molar-refractivity contribution is 5.95. The van der Waals surface area contributed by atoms with Crippen LogP contribution in [0, 0.1) is 0 Å². The largest absolute Gasteiger partial charge is 0.315 e. The van der Waals surface area contributed by atoms with E-state index in [0.717, 1.165) is 37.8 Å². The van der Waals surface area contributed by atoms with E-state index in [1.807, 2.05) is 7.05 Å². The number of carbonyl (C=O) groups excluding carboxylic acids is 2. The van der Waals surface area contributed by atoms with Gasteiger partial charge in [0.05, 0.1) is 0 Å². The van der Waals surface area contributed by atoms with Gasteiger partial charge in [-0.2, -0.15) is 0 Å². The number of hydrogen-bond donors (Lipinski definition) is 0. The molecule has 1 heterocycles. The third kappa shape index (κ3) is 2.29. The summed E-state index contributed by atoms with van der Waals surface area (Å²) in [7, 11) is 1.85. The molecule has 3 nitrogen and oxygen atoms in total. The van der Waals surface area contributed by atoms with Crippen molar-refractivity contribution in [2.75, 3.05) is 11.9 Å². The maximum Gasteiger partial charge on any atom is 0.227 e. The number of carbonyl (C=O) groups is 2. The third-order valence-corrected chi connectivity index (χ3v) is 4.46. The van der Waals surface area contributed by atoms with Crippen molar-refractivity contribution in [3.05, 3.63) is 29.3 Å². The molecule has 1 aliphatic carbocycles. The molecule has 1 fully saturated rings. The number of Topliss-reactive ketones (excluding diaryl/α,β-unsaturated/α-hetero) is 1. The summed E-state index contributed by atoms with van der Waals surface area (Å²) < 4.78 is 0. The zero-order valence-electron chi connectivity index (χ0n) is 11.3. The van der Waals surface area contributed by atoms with Crippen LogP contribution in [0.3, 0.4) is 0 Å². The number of aryl methyl sites for hydroxylation is 1. The molecule has 0 saturated heterocycles. The fraction of sp³-hybridized carbons (Fsp3) is 0.500. The van der Waals surface area contributed by atoms with Gasteiger partial charge in [-0.05, 0) is 42.4 Å². The Morgan fingerprint density at radius 1 is 1.05 bits per heavy atom. The highest BCUT2D eigenvalue weighted by Gasteiger charge is 2.24. The smallest absolute Gasteiger partial charge is 0.227 e. The fourth-order valence-electron chi connectivity index (χ4n) is 3.20. The first kappa shape index (κ1) is 12.4. The normalized spacial score (nSPS) is 20.6. The Hall–Kier alpha value is -1.64. The van der Waals surface area contributed by atoms with Crippen molar-refractivity contribution in [3.63, 3.8) is 0 Å². The van der Waals surface area contributed by atoms with Gasteiger partial charge in [0, 0.05) is 32.0 Å². The molecule has 0 unspecified atom stereocenters. The van der Waals surface area contributed by atoms with Crippen LogP contribution in [0.25, 0.3) is 0 Å². The molecule has 0 atom stereocenters. The molecular weight excluding hydrogens is 238 g/mol. The predicted octanol–water partition coefficient (Wildman–Crippen LogP) is 2.82. The molecule has 0 aromatic heterocycles. The zero-order valence-corrected chi connectivity index (χ0v) is 11.3. The molecule has 100 valence electrons. The number of fused-ring (bicyclic) bond motifs is 1. The van der Waals surface area contributed by atoms with Gasteiger partial charge in [0.1, 0.15) is 5.78 Å². The Morgan fingerprint density at radius 2 is 1.79 bits per heavy atom. The van der Waals surface area contributed by atoms with Crippen molar-refractivity contribution in [2.45, 2.75) is 44.4 Å². The average Bonchev–Trinajstić information content (AvgIpc) is 2.43. The molecule has 1 aromatic rings. The van der Waals surface area contributed by atoms with E-state index in [1.54, 1.807) is 4.90 Å². The first-order valence-corrected chi connectivity index (χ1v) is 7.06. The minimum absolute atomic E-state index is 0.198. The summed E-state index contributed by atoms with van der Waals surface area (Å²) in [5.41, 5.74) is 3.66. The molecule has 3 rings (SSSR count). The van der Waals surface area contributed by atoms with Gasteiger partial charge in [0.2, 0.25) is 5.91 Å². The Labute approximate surface area is 113 Å². The zero-order chi connectivity index (χ0) is 13.4. The van der Waals surface area contributed by atoms with Crippen LogP contribution in [0.5, 0.6) is 0 Å². The van der Waals surface area contributed by atoms with Gasteiger partial charge in [-0.25, -0.2) is 0 Å². The lowest BCUT2D eigenvalue weighted by Gasteiger charge is -2.28. The predicted molar refractivity (Wildman–Crippen MR) is 74.4 cm³/mol. The van der Waals surface area contributed by atoms with Crippen LogP contribution >= 0.6 is 0 Å². The number of nitrogens with zero attached hydrogens (tertiary/aromatic N) is 1. The van der Waals surface area contributed by atoms with E-state index in [1.165, 1.54) is 11.1 Å². The number of amides is 1. The number of benzene rings is 1. The van der Waals surface area contributed by atoms with Crippen molar-refractivity contribution >= 4 is 17.4 Å². The molecule has 0 spiro atoms. The Morgan fingerprint density at radius 3 is 2.53 bits per heavy atom.